The summed E-state index contributed by atoms with van der Waals surface area (Å²) >= 11 is 0. The monoisotopic (exact) mass is 225 g/mol. The lowest BCUT2D eigenvalue weighted by molar-refractivity contribution is 0.101. The lowest BCUT2D eigenvalue weighted by Crippen LogP contribution is -2.25. The summed E-state index contributed by atoms with van der Waals surface area (Å²) < 4.78 is 10.6. The van der Waals surface area contributed by atoms with E-state index >= 15 is 0 Å². The van der Waals surface area contributed by atoms with Crippen molar-refractivity contribution in [3.8, 4) is 0 Å². The van der Waals surface area contributed by atoms with Crippen molar-refractivity contribution in [1.29, 1.82) is 0 Å². The minimum atomic E-state index is -0.556. The van der Waals surface area contributed by atoms with Crippen molar-refractivity contribution < 1.29 is 14.3 Å². The fraction of sp³-hybridized carbons (Fsp3) is 0.667. The molecule has 0 bridgehead atoms. The van der Waals surface area contributed by atoms with Gasteiger partial charge in [0.1, 0.15) is 11.9 Å². The Morgan fingerprint density at radius 2 is 2.50 bits per heavy atom. The Morgan fingerprint density at radius 3 is 3.19 bits per heavy atom. The average Bonchev–Trinajstić information content (AvgIpc) is 2.96. The smallest absolute Gasteiger partial charge is 0.133 e. The first-order valence-corrected chi connectivity index (χ1v) is 5.90. The van der Waals surface area contributed by atoms with E-state index in [1.54, 1.807) is 18.4 Å². The molecule has 1 fully saturated rings. The van der Waals surface area contributed by atoms with Gasteiger partial charge in [-0.25, -0.2) is 0 Å². The first-order chi connectivity index (χ1) is 7.86. The zero-order chi connectivity index (χ0) is 11.2. The molecular formula is C12H19NO3. The van der Waals surface area contributed by atoms with Gasteiger partial charge in [-0.05, 0) is 37.9 Å². The van der Waals surface area contributed by atoms with E-state index in [1.807, 2.05) is 0 Å². The van der Waals surface area contributed by atoms with Crippen LogP contribution in [0.4, 0.5) is 0 Å². The van der Waals surface area contributed by atoms with E-state index in [2.05, 4.69) is 5.32 Å². The third-order valence-corrected chi connectivity index (χ3v) is 2.88. The third-order valence-electron chi connectivity index (χ3n) is 2.88. The Kier molecular flexibility index (Phi) is 4.39. The summed E-state index contributed by atoms with van der Waals surface area (Å²) in [7, 11) is 0. The van der Waals surface area contributed by atoms with Crippen LogP contribution in [0.3, 0.4) is 0 Å². The summed E-state index contributed by atoms with van der Waals surface area (Å²) in [6.07, 6.45) is 4.80. The van der Waals surface area contributed by atoms with Crippen LogP contribution in [-0.4, -0.2) is 30.9 Å². The van der Waals surface area contributed by atoms with Gasteiger partial charge in [0, 0.05) is 13.2 Å². The largest absolute Gasteiger partial charge is 0.467 e. The summed E-state index contributed by atoms with van der Waals surface area (Å²) in [6.45, 7) is 2.31. The minimum Gasteiger partial charge on any atom is -0.467 e. The number of aliphatic hydroxyl groups excluding tert-OH is 1. The Bertz CT molecular complexity index is 280. The highest BCUT2D eigenvalue weighted by Crippen LogP contribution is 2.15. The molecule has 2 heterocycles. The SMILES string of the molecule is OC(CNCCC1CCCO1)c1ccco1. The van der Waals surface area contributed by atoms with Crippen molar-refractivity contribution >= 4 is 0 Å². The molecule has 2 atom stereocenters. The molecule has 1 saturated heterocycles. The molecule has 0 amide bonds. The molecule has 4 nitrogen and oxygen atoms in total. The van der Waals surface area contributed by atoms with Crippen molar-refractivity contribution in [1.82, 2.24) is 5.32 Å². The second kappa shape index (κ2) is 6.03. The fourth-order valence-corrected chi connectivity index (χ4v) is 1.96. The lowest BCUT2D eigenvalue weighted by atomic mass is 10.2. The van der Waals surface area contributed by atoms with Crippen LogP contribution in [0.25, 0.3) is 0 Å². The average molecular weight is 225 g/mol. The van der Waals surface area contributed by atoms with E-state index in [4.69, 9.17) is 9.15 Å². The second-order valence-electron chi connectivity index (χ2n) is 4.16. The first kappa shape index (κ1) is 11.6. The molecule has 1 aliphatic rings. The maximum atomic E-state index is 9.71. The summed E-state index contributed by atoms with van der Waals surface area (Å²) in [5.74, 6) is 0.615. The number of ether oxygens (including phenoxy) is 1. The molecule has 0 radical (unpaired) electrons. The predicted octanol–water partition coefficient (Wildman–Crippen LogP) is 1.47. The topological polar surface area (TPSA) is 54.6 Å². The maximum Gasteiger partial charge on any atom is 0.133 e. The van der Waals surface area contributed by atoms with Gasteiger partial charge in [-0.3, -0.25) is 0 Å². The second-order valence-corrected chi connectivity index (χ2v) is 4.16. The van der Waals surface area contributed by atoms with Crippen LogP contribution >= 0.6 is 0 Å². The van der Waals surface area contributed by atoms with Gasteiger partial charge in [-0.1, -0.05) is 0 Å². The molecule has 2 N–H and O–H groups in total. The van der Waals surface area contributed by atoms with E-state index in [9.17, 15) is 5.11 Å². The van der Waals surface area contributed by atoms with Gasteiger partial charge in [-0.2, -0.15) is 0 Å². The van der Waals surface area contributed by atoms with Crippen molar-refractivity contribution in [3.63, 3.8) is 0 Å². The normalized spacial score (nSPS) is 22.4. The maximum absolute atomic E-state index is 9.71. The van der Waals surface area contributed by atoms with Crippen LogP contribution in [0.1, 0.15) is 31.1 Å². The predicted molar refractivity (Wildman–Crippen MR) is 60.1 cm³/mol. The van der Waals surface area contributed by atoms with Crippen LogP contribution in [0, 0.1) is 0 Å². The zero-order valence-electron chi connectivity index (χ0n) is 9.39. The standard InChI is InChI=1S/C12H19NO3/c14-11(12-4-2-8-16-12)9-13-6-5-10-3-1-7-15-10/h2,4,8,10-11,13-14H,1,3,5-7,9H2. The van der Waals surface area contributed by atoms with E-state index < -0.39 is 6.10 Å². The fourth-order valence-electron chi connectivity index (χ4n) is 1.96. The van der Waals surface area contributed by atoms with Crippen LogP contribution in [0.15, 0.2) is 22.8 Å². The van der Waals surface area contributed by atoms with Crippen molar-refractivity contribution in [2.45, 2.75) is 31.5 Å². The van der Waals surface area contributed by atoms with Gasteiger partial charge in [0.25, 0.3) is 0 Å². The van der Waals surface area contributed by atoms with Gasteiger partial charge in [0.2, 0.25) is 0 Å². The molecule has 2 unspecified atom stereocenters. The Hall–Kier alpha value is -0.840. The van der Waals surface area contributed by atoms with Crippen LogP contribution in [0.5, 0.6) is 0 Å². The summed E-state index contributed by atoms with van der Waals surface area (Å²) in [5.41, 5.74) is 0. The quantitative estimate of drug-likeness (QED) is 0.720. The Morgan fingerprint density at radius 1 is 1.56 bits per heavy atom. The number of hydrogen-bond donors (Lipinski definition) is 2. The molecule has 0 spiro atoms. The number of hydrogen-bond acceptors (Lipinski definition) is 4. The van der Waals surface area contributed by atoms with E-state index in [1.165, 1.54) is 12.8 Å². The number of nitrogens with one attached hydrogen (secondary N) is 1. The van der Waals surface area contributed by atoms with E-state index in [0.717, 1.165) is 19.6 Å². The van der Waals surface area contributed by atoms with Gasteiger partial charge in [0.15, 0.2) is 0 Å². The molecule has 2 rings (SSSR count). The van der Waals surface area contributed by atoms with Gasteiger partial charge < -0.3 is 19.6 Å². The van der Waals surface area contributed by atoms with Crippen molar-refractivity contribution in [2.75, 3.05) is 19.7 Å². The number of furan rings is 1. The third kappa shape index (κ3) is 3.33. The molecule has 0 saturated carbocycles. The highest BCUT2D eigenvalue weighted by molar-refractivity contribution is 5.02. The Labute approximate surface area is 95.6 Å². The molecule has 4 heteroatoms. The van der Waals surface area contributed by atoms with Gasteiger partial charge in [-0.15, -0.1) is 0 Å². The van der Waals surface area contributed by atoms with Crippen LogP contribution < -0.4 is 5.32 Å². The van der Waals surface area contributed by atoms with Crippen molar-refractivity contribution in [2.24, 2.45) is 0 Å². The molecule has 90 valence electrons. The zero-order valence-corrected chi connectivity index (χ0v) is 9.39. The highest BCUT2D eigenvalue weighted by atomic mass is 16.5. The van der Waals surface area contributed by atoms with Crippen LogP contribution in [-0.2, 0) is 4.74 Å². The number of aliphatic hydroxyl groups is 1. The molecular weight excluding hydrogens is 206 g/mol. The molecule has 16 heavy (non-hydrogen) atoms. The van der Waals surface area contributed by atoms with E-state index in [-0.39, 0.29) is 0 Å². The molecule has 1 aromatic heterocycles. The Balaban J connectivity index is 1.57. The summed E-state index contributed by atoms with van der Waals surface area (Å²) in [4.78, 5) is 0. The van der Waals surface area contributed by atoms with Gasteiger partial charge >= 0.3 is 0 Å². The molecule has 0 aliphatic carbocycles. The first-order valence-electron chi connectivity index (χ1n) is 5.90. The van der Waals surface area contributed by atoms with Crippen molar-refractivity contribution in [3.05, 3.63) is 24.2 Å². The number of rotatable bonds is 6. The molecule has 0 aromatic carbocycles. The minimum absolute atomic E-state index is 0.410. The lowest BCUT2D eigenvalue weighted by Gasteiger charge is -2.12. The summed E-state index contributed by atoms with van der Waals surface area (Å²) in [5, 5.41) is 12.9. The highest BCUT2D eigenvalue weighted by Gasteiger charge is 2.15. The molecule has 1 aliphatic heterocycles. The van der Waals surface area contributed by atoms with E-state index in [0.29, 0.717) is 18.4 Å². The van der Waals surface area contributed by atoms with Crippen LogP contribution in [0.2, 0.25) is 0 Å². The summed E-state index contributed by atoms with van der Waals surface area (Å²) in [6, 6.07) is 3.57. The molecule has 1 aromatic rings. The van der Waals surface area contributed by atoms with Gasteiger partial charge in [0.05, 0.1) is 12.4 Å².